The summed E-state index contributed by atoms with van der Waals surface area (Å²) in [6.45, 7) is 3.55. The van der Waals surface area contributed by atoms with E-state index in [1.165, 1.54) is 5.69 Å². The molecule has 1 unspecified atom stereocenters. The largest absolute Gasteiger partial charge is 0.356 e. The first-order valence-corrected chi connectivity index (χ1v) is 10.5. The maximum absolute atomic E-state index is 12.7. The average Bonchev–Trinajstić information content (AvgIpc) is 3.12. The maximum Gasteiger partial charge on any atom is 0.223 e. The van der Waals surface area contributed by atoms with Gasteiger partial charge < -0.3 is 15.2 Å². The van der Waals surface area contributed by atoms with Gasteiger partial charge in [-0.25, -0.2) is 0 Å². The van der Waals surface area contributed by atoms with Crippen LogP contribution in [-0.4, -0.2) is 40.9 Å². The molecule has 156 valence electrons. The molecule has 2 amide bonds. The van der Waals surface area contributed by atoms with Crippen molar-refractivity contribution < 1.29 is 9.59 Å². The highest BCUT2D eigenvalue weighted by atomic mass is 16.2. The molecule has 1 aromatic carbocycles. The summed E-state index contributed by atoms with van der Waals surface area (Å²) in [7, 11) is 2.04. The minimum atomic E-state index is -0.0750. The highest BCUT2D eigenvalue weighted by molar-refractivity contribution is 5.79. The number of carbonyl (C=O) groups is 2. The summed E-state index contributed by atoms with van der Waals surface area (Å²) in [5.74, 6) is 0.0672. The van der Waals surface area contributed by atoms with E-state index in [2.05, 4.69) is 26.2 Å². The summed E-state index contributed by atoms with van der Waals surface area (Å²) in [6, 6.07) is 14.1. The monoisotopic (exact) mass is 396 g/mol. The van der Waals surface area contributed by atoms with Gasteiger partial charge in [0.15, 0.2) is 0 Å². The first-order chi connectivity index (χ1) is 14.1. The number of aryl methyl sites for hydroxylation is 1. The highest BCUT2D eigenvalue weighted by Gasteiger charge is 2.20. The third-order valence-electron chi connectivity index (χ3n) is 5.61. The van der Waals surface area contributed by atoms with Crippen molar-refractivity contribution in [3.63, 3.8) is 0 Å². The molecule has 6 heteroatoms. The predicted molar refractivity (Wildman–Crippen MR) is 114 cm³/mol. The van der Waals surface area contributed by atoms with Crippen molar-refractivity contribution in [3.8, 4) is 0 Å². The van der Waals surface area contributed by atoms with Gasteiger partial charge in [-0.05, 0) is 43.5 Å². The summed E-state index contributed by atoms with van der Waals surface area (Å²) in [5.41, 5.74) is 2.33. The van der Waals surface area contributed by atoms with Crippen LogP contribution in [-0.2, 0) is 29.7 Å². The Kier molecular flexibility index (Phi) is 7.87. The summed E-state index contributed by atoms with van der Waals surface area (Å²) < 4.78 is 2.12. The van der Waals surface area contributed by atoms with Gasteiger partial charge in [0.25, 0.3) is 0 Å². The number of nitrogens with zero attached hydrogens (tertiary/aromatic N) is 2. The topological polar surface area (TPSA) is 66.4 Å². The number of rotatable bonds is 5. The lowest BCUT2D eigenvalue weighted by molar-refractivity contribution is -0.126. The van der Waals surface area contributed by atoms with Crippen LogP contribution < -0.4 is 10.6 Å². The zero-order valence-electron chi connectivity index (χ0n) is 17.3. The number of nitrogens with one attached hydrogen (secondary N) is 2. The second-order valence-electron chi connectivity index (χ2n) is 7.82. The normalized spacial score (nSPS) is 19.2. The predicted octanol–water partition coefficient (Wildman–Crippen LogP) is 2.45. The van der Waals surface area contributed by atoms with Gasteiger partial charge in [-0.2, -0.15) is 0 Å². The lowest BCUT2D eigenvalue weighted by atomic mass is 9.98. The Morgan fingerprint density at radius 3 is 2.72 bits per heavy atom. The van der Waals surface area contributed by atoms with Crippen molar-refractivity contribution in [3.05, 3.63) is 59.9 Å². The number of hydrogen-bond donors (Lipinski definition) is 2. The molecule has 0 aliphatic carbocycles. The first kappa shape index (κ1) is 21.1. The molecule has 3 rings (SSSR count). The average molecular weight is 397 g/mol. The Morgan fingerprint density at radius 1 is 1.14 bits per heavy atom. The summed E-state index contributed by atoms with van der Waals surface area (Å²) in [4.78, 5) is 27.2. The molecule has 2 N–H and O–H groups in total. The van der Waals surface area contributed by atoms with Crippen molar-refractivity contribution >= 4 is 11.8 Å². The number of benzene rings is 1. The molecule has 0 spiro atoms. The molecule has 1 atom stereocenters. The minimum absolute atomic E-state index is 0.0622. The Morgan fingerprint density at radius 2 is 1.97 bits per heavy atom. The van der Waals surface area contributed by atoms with Gasteiger partial charge in [0.1, 0.15) is 0 Å². The van der Waals surface area contributed by atoms with Gasteiger partial charge in [0.2, 0.25) is 11.8 Å². The van der Waals surface area contributed by atoms with Gasteiger partial charge in [-0.15, -0.1) is 0 Å². The fourth-order valence-corrected chi connectivity index (χ4v) is 3.79. The van der Waals surface area contributed by atoms with E-state index < -0.39 is 0 Å². The maximum atomic E-state index is 12.7. The Bertz CT molecular complexity index is 787. The van der Waals surface area contributed by atoms with Crippen molar-refractivity contribution in [2.75, 3.05) is 19.6 Å². The van der Waals surface area contributed by atoms with E-state index in [0.29, 0.717) is 25.9 Å². The van der Waals surface area contributed by atoms with Crippen molar-refractivity contribution in [2.45, 2.75) is 38.8 Å². The molecular formula is C23H32N4O2. The van der Waals surface area contributed by atoms with Crippen LogP contribution in [0.2, 0.25) is 0 Å². The van der Waals surface area contributed by atoms with Crippen molar-refractivity contribution in [1.29, 1.82) is 0 Å². The van der Waals surface area contributed by atoms with E-state index in [4.69, 9.17) is 0 Å². The van der Waals surface area contributed by atoms with Gasteiger partial charge in [0, 0.05) is 57.5 Å². The number of amides is 2. The zero-order chi connectivity index (χ0) is 20.5. The summed E-state index contributed by atoms with van der Waals surface area (Å²) >= 11 is 0. The van der Waals surface area contributed by atoms with Crippen LogP contribution in [0.25, 0.3) is 0 Å². The van der Waals surface area contributed by atoms with Gasteiger partial charge in [-0.1, -0.05) is 30.3 Å². The fraction of sp³-hybridized carbons (Fsp3) is 0.478. The summed E-state index contributed by atoms with van der Waals surface area (Å²) in [6.07, 6.45) is 5.00. The van der Waals surface area contributed by atoms with Crippen LogP contribution in [0.5, 0.6) is 0 Å². The van der Waals surface area contributed by atoms with Crippen LogP contribution in [0.4, 0.5) is 0 Å². The van der Waals surface area contributed by atoms with E-state index in [9.17, 15) is 9.59 Å². The molecule has 2 aromatic rings. The molecule has 0 bridgehead atoms. The minimum Gasteiger partial charge on any atom is -0.356 e. The number of hydrogen-bond acceptors (Lipinski definition) is 3. The van der Waals surface area contributed by atoms with E-state index in [0.717, 1.165) is 38.0 Å². The smallest absolute Gasteiger partial charge is 0.223 e. The lowest BCUT2D eigenvalue weighted by Crippen LogP contribution is -2.33. The molecular weight excluding hydrogens is 364 g/mol. The molecule has 1 aliphatic rings. The highest BCUT2D eigenvalue weighted by Crippen LogP contribution is 2.15. The van der Waals surface area contributed by atoms with E-state index in [1.807, 2.05) is 49.6 Å². The Labute approximate surface area is 173 Å². The zero-order valence-corrected chi connectivity index (χ0v) is 17.3. The standard InChI is InChI=1S/C23H32N4O2/c1-26-14-6-10-21(26)18-27-15-5-9-20(11-13-24-22(28)12-16-27)23(29)25-17-19-7-3-2-4-8-19/h2-4,6-8,10,14,20H,5,9,11-13,15-18H2,1H3,(H,24,28)(H,25,29). The van der Waals surface area contributed by atoms with Crippen LogP contribution in [0, 0.1) is 5.92 Å². The second-order valence-corrected chi connectivity index (χ2v) is 7.82. The Hall–Kier alpha value is -2.60. The van der Waals surface area contributed by atoms with Crippen LogP contribution >= 0.6 is 0 Å². The second kappa shape index (κ2) is 10.8. The molecule has 0 saturated carbocycles. The molecule has 29 heavy (non-hydrogen) atoms. The van der Waals surface area contributed by atoms with E-state index >= 15 is 0 Å². The molecule has 1 aliphatic heterocycles. The molecule has 1 aromatic heterocycles. The van der Waals surface area contributed by atoms with Crippen LogP contribution in [0.3, 0.4) is 0 Å². The van der Waals surface area contributed by atoms with E-state index in [1.54, 1.807) is 0 Å². The first-order valence-electron chi connectivity index (χ1n) is 10.5. The molecule has 1 fully saturated rings. The third kappa shape index (κ3) is 6.75. The quantitative estimate of drug-likeness (QED) is 0.816. The molecule has 2 heterocycles. The van der Waals surface area contributed by atoms with Crippen molar-refractivity contribution in [2.24, 2.45) is 13.0 Å². The molecule has 0 radical (unpaired) electrons. The van der Waals surface area contributed by atoms with E-state index in [-0.39, 0.29) is 17.7 Å². The number of aromatic nitrogens is 1. The van der Waals surface area contributed by atoms with Gasteiger partial charge in [-0.3, -0.25) is 14.5 Å². The lowest BCUT2D eigenvalue weighted by Gasteiger charge is -2.23. The molecule has 6 nitrogen and oxygen atoms in total. The SMILES string of the molecule is Cn1cccc1CN1CCCC(C(=O)NCc2ccccc2)CCNC(=O)CC1. The van der Waals surface area contributed by atoms with Gasteiger partial charge >= 0.3 is 0 Å². The summed E-state index contributed by atoms with van der Waals surface area (Å²) in [5, 5.41) is 6.04. The van der Waals surface area contributed by atoms with Crippen LogP contribution in [0.1, 0.15) is 36.9 Å². The third-order valence-corrected chi connectivity index (χ3v) is 5.61. The van der Waals surface area contributed by atoms with Gasteiger partial charge in [0.05, 0.1) is 0 Å². The van der Waals surface area contributed by atoms with Crippen molar-refractivity contribution in [1.82, 2.24) is 20.1 Å². The van der Waals surface area contributed by atoms with Crippen LogP contribution in [0.15, 0.2) is 48.7 Å². The fourth-order valence-electron chi connectivity index (χ4n) is 3.79. The molecule has 1 saturated heterocycles. The Balaban J connectivity index is 1.56. The number of carbonyl (C=O) groups excluding carboxylic acids is 2.